The zero-order valence-corrected chi connectivity index (χ0v) is 12.9. The summed E-state index contributed by atoms with van der Waals surface area (Å²) in [4.78, 5) is 12.3. The molecule has 1 rings (SSSR count). The molecule has 0 spiro atoms. The molecule has 0 saturated carbocycles. The van der Waals surface area contributed by atoms with Gasteiger partial charge < -0.3 is 4.52 Å². The molecule has 3 nitrogen and oxygen atoms in total. The summed E-state index contributed by atoms with van der Waals surface area (Å²) < 4.78 is 17.8. The largest absolute Gasteiger partial charge is 0.320 e. The van der Waals surface area contributed by atoms with Crippen molar-refractivity contribution in [3.05, 3.63) is 33.8 Å². The number of rotatable bonds is 5. The van der Waals surface area contributed by atoms with E-state index in [9.17, 15) is 9.36 Å². The molecule has 6 heteroatoms. The Bertz CT molecular complexity index is 480. The van der Waals surface area contributed by atoms with Crippen molar-refractivity contribution in [3.63, 3.8) is 0 Å². The minimum atomic E-state index is -3.43. The monoisotopic (exact) mass is 308 g/mol. The Morgan fingerprint density at radius 2 is 1.83 bits per heavy atom. The molecule has 1 atom stereocenters. The second-order valence-electron chi connectivity index (χ2n) is 4.05. The molecule has 1 aromatic carbocycles. The minimum absolute atomic E-state index is 0.0756. The van der Waals surface area contributed by atoms with Crippen LogP contribution in [-0.2, 0) is 9.09 Å². The van der Waals surface area contributed by atoms with Crippen LogP contribution in [0.15, 0.2) is 18.2 Å². The van der Waals surface area contributed by atoms with E-state index < -0.39 is 12.9 Å². The molecule has 0 aliphatic rings. The molecule has 1 unspecified atom stereocenters. The number of carbonyl (C=O) groups excluding carboxylic acids is 1. The topological polar surface area (TPSA) is 43.4 Å². The summed E-state index contributed by atoms with van der Waals surface area (Å²) in [5, 5.41) is 0.377. The fourth-order valence-electron chi connectivity index (χ4n) is 1.48. The molecule has 0 heterocycles. The van der Waals surface area contributed by atoms with E-state index >= 15 is 0 Å². The Labute approximate surface area is 117 Å². The van der Waals surface area contributed by atoms with Crippen LogP contribution in [-0.4, -0.2) is 17.8 Å². The van der Waals surface area contributed by atoms with Crippen molar-refractivity contribution in [1.82, 2.24) is 0 Å². The predicted molar refractivity (Wildman–Crippen MR) is 75.2 cm³/mol. The van der Waals surface area contributed by atoms with Gasteiger partial charge in [0.2, 0.25) is 5.52 Å². The highest BCUT2D eigenvalue weighted by atomic mass is 35.5. The molecule has 18 heavy (non-hydrogen) atoms. The highest BCUT2D eigenvalue weighted by molar-refractivity contribution is 7.77. The van der Waals surface area contributed by atoms with Crippen LogP contribution in [0.5, 0.6) is 0 Å². The van der Waals surface area contributed by atoms with Crippen LogP contribution in [0, 0.1) is 0 Å². The summed E-state index contributed by atoms with van der Waals surface area (Å²) in [7, 11) is -3.43. The Balaban J connectivity index is 3.24. The van der Waals surface area contributed by atoms with Crippen LogP contribution in [0.1, 0.15) is 31.1 Å². The summed E-state index contributed by atoms with van der Waals surface area (Å²) >= 11 is 11.9. The van der Waals surface area contributed by atoms with Crippen LogP contribution in [0.4, 0.5) is 0 Å². The molecule has 100 valence electrons. The molecule has 0 fully saturated rings. The van der Waals surface area contributed by atoms with Gasteiger partial charge in [-0.1, -0.05) is 36.2 Å². The zero-order valence-electron chi connectivity index (χ0n) is 10.4. The van der Waals surface area contributed by atoms with Crippen LogP contribution in [0.2, 0.25) is 10.0 Å². The fourth-order valence-corrected chi connectivity index (χ4v) is 3.97. The molecule has 0 bridgehead atoms. The van der Waals surface area contributed by atoms with Crippen LogP contribution < -0.4 is 0 Å². The first kappa shape index (κ1) is 15.7. The summed E-state index contributed by atoms with van der Waals surface area (Å²) in [6, 6.07) is 4.70. The number of hydrogen-bond acceptors (Lipinski definition) is 3. The zero-order chi connectivity index (χ0) is 13.9. The summed E-state index contributed by atoms with van der Waals surface area (Å²) in [5.41, 5.74) is -0.541. The van der Waals surface area contributed by atoms with Gasteiger partial charge in [-0.25, -0.2) is 0 Å². The third-order valence-electron chi connectivity index (χ3n) is 2.28. The molecule has 0 N–H and O–H groups in total. The van der Waals surface area contributed by atoms with Gasteiger partial charge in [0, 0.05) is 6.16 Å². The van der Waals surface area contributed by atoms with E-state index in [1.54, 1.807) is 26.8 Å². The maximum atomic E-state index is 12.5. The predicted octanol–water partition coefficient (Wildman–Crippen LogP) is 4.86. The standard InChI is InChI=1S/C12H15Cl2O3P/c1-4-18(16,17-8(2)3)12(15)11-9(13)6-5-7-10(11)14/h5-8H,4H2,1-3H3. The highest BCUT2D eigenvalue weighted by Crippen LogP contribution is 2.52. The van der Waals surface area contributed by atoms with Crippen molar-refractivity contribution in [2.24, 2.45) is 0 Å². The molecule has 1 aromatic rings. The first-order chi connectivity index (χ1) is 8.31. The highest BCUT2D eigenvalue weighted by Gasteiger charge is 2.35. The Kier molecular flexibility index (Phi) is 5.42. The minimum Gasteiger partial charge on any atom is -0.320 e. The Morgan fingerprint density at radius 3 is 2.22 bits per heavy atom. The van der Waals surface area contributed by atoms with Crippen LogP contribution in [0.3, 0.4) is 0 Å². The lowest BCUT2D eigenvalue weighted by Crippen LogP contribution is -2.11. The lowest BCUT2D eigenvalue weighted by molar-refractivity contribution is 0.104. The molecule has 0 radical (unpaired) electrons. The van der Waals surface area contributed by atoms with Crippen molar-refractivity contribution < 1.29 is 13.9 Å². The van der Waals surface area contributed by atoms with Gasteiger partial charge in [0.15, 0.2) is 0 Å². The lowest BCUT2D eigenvalue weighted by Gasteiger charge is -2.19. The van der Waals surface area contributed by atoms with Crippen molar-refractivity contribution in [1.29, 1.82) is 0 Å². The van der Waals surface area contributed by atoms with Gasteiger partial charge in [0.05, 0.1) is 21.7 Å². The SMILES string of the molecule is CCP(=O)(OC(C)C)C(=O)c1c(Cl)cccc1Cl. The summed E-state index contributed by atoms with van der Waals surface area (Å²) in [6.07, 6.45) is -0.188. The molecular formula is C12H15Cl2O3P. The third-order valence-corrected chi connectivity index (χ3v) is 5.35. The van der Waals surface area contributed by atoms with E-state index in [1.165, 1.54) is 12.1 Å². The van der Waals surface area contributed by atoms with E-state index in [1.807, 2.05) is 0 Å². The number of hydrogen-bond donors (Lipinski definition) is 0. The normalized spacial score (nSPS) is 14.6. The van der Waals surface area contributed by atoms with Crippen molar-refractivity contribution in [2.45, 2.75) is 26.9 Å². The number of carbonyl (C=O) groups is 1. The first-order valence-electron chi connectivity index (χ1n) is 5.58. The van der Waals surface area contributed by atoms with E-state index in [0.717, 1.165) is 0 Å². The molecule has 0 aliphatic carbocycles. The second-order valence-corrected chi connectivity index (χ2v) is 7.46. The van der Waals surface area contributed by atoms with E-state index in [2.05, 4.69) is 0 Å². The Morgan fingerprint density at radius 1 is 1.33 bits per heavy atom. The quantitative estimate of drug-likeness (QED) is 0.730. The van der Waals surface area contributed by atoms with Gasteiger partial charge in [-0.15, -0.1) is 0 Å². The number of halogens is 2. The van der Waals surface area contributed by atoms with E-state index in [0.29, 0.717) is 0 Å². The molecule has 0 aromatic heterocycles. The summed E-state index contributed by atoms with van der Waals surface area (Å²) in [5.74, 6) is 0. The van der Waals surface area contributed by atoms with Gasteiger partial charge in [0.1, 0.15) is 0 Å². The van der Waals surface area contributed by atoms with Crippen molar-refractivity contribution in [2.75, 3.05) is 6.16 Å². The summed E-state index contributed by atoms with van der Waals surface area (Å²) in [6.45, 7) is 5.10. The van der Waals surface area contributed by atoms with Crippen molar-refractivity contribution >= 4 is 36.1 Å². The van der Waals surface area contributed by atoms with Crippen molar-refractivity contribution in [3.8, 4) is 0 Å². The maximum Gasteiger partial charge on any atom is 0.271 e. The van der Waals surface area contributed by atoms with E-state index in [4.69, 9.17) is 27.7 Å². The lowest BCUT2D eigenvalue weighted by atomic mass is 10.2. The molecule has 0 saturated heterocycles. The average molecular weight is 309 g/mol. The number of benzene rings is 1. The fraction of sp³-hybridized carbons (Fsp3) is 0.417. The van der Waals surface area contributed by atoms with Gasteiger partial charge in [-0.3, -0.25) is 9.36 Å². The molecular weight excluding hydrogens is 294 g/mol. The van der Waals surface area contributed by atoms with Crippen LogP contribution >= 0.6 is 30.6 Å². The molecule has 0 amide bonds. The van der Waals surface area contributed by atoms with Crippen LogP contribution in [0.25, 0.3) is 0 Å². The van der Waals surface area contributed by atoms with E-state index in [-0.39, 0.29) is 27.9 Å². The first-order valence-corrected chi connectivity index (χ1v) is 8.14. The van der Waals surface area contributed by atoms with Gasteiger partial charge in [-0.05, 0) is 26.0 Å². The van der Waals surface area contributed by atoms with Gasteiger partial charge in [-0.2, -0.15) is 0 Å². The maximum absolute atomic E-state index is 12.5. The smallest absolute Gasteiger partial charge is 0.271 e. The third kappa shape index (κ3) is 3.36. The van der Waals surface area contributed by atoms with Gasteiger partial charge in [0.25, 0.3) is 7.37 Å². The molecule has 0 aliphatic heterocycles. The van der Waals surface area contributed by atoms with Gasteiger partial charge >= 0.3 is 0 Å². The average Bonchev–Trinajstić information content (AvgIpc) is 2.27. The second kappa shape index (κ2) is 6.21. The Hall–Kier alpha value is -0.340.